The van der Waals surface area contributed by atoms with E-state index < -0.39 is 11.3 Å². The Morgan fingerprint density at radius 3 is 2.31 bits per heavy atom. The van der Waals surface area contributed by atoms with Crippen LogP contribution < -0.4 is 0 Å². The second-order valence-corrected chi connectivity index (χ2v) is 3.44. The van der Waals surface area contributed by atoms with Gasteiger partial charge in [0.2, 0.25) is 0 Å². The molecule has 0 aliphatic rings. The summed E-state index contributed by atoms with van der Waals surface area (Å²) in [6.45, 7) is 3.26. The van der Waals surface area contributed by atoms with Crippen molar-refractivity contribution in [3.05, 3.63) is 36.5 Å². The molecule has 5 heteroatoms. The van der Waals surface area contributed by atoms with Crippen molar-refractivity contribution in [2.24, 2.45) is 0 Å². The monoisotopic (exact) mass is 209 g/mol. The molecule has 0 heterocycles. The molecular weight excluding hydrogens is 204 g/mol. The fourth-order valence-corrected chi connectivity index (χ4v) is 1.35. The second kappa shape index (κ2) is 3.57. The molecule has 0 unspecified atom stereocenters. The van der Waals surface area contributed by atoms with E-state index in [0.29, 0.717) is 0 Å². The zero-order chi connectivity index (χ0) is 10.1. The summed E-state index contributed by atoms with van der Waals surface area (Å²) in [5.41, 5.74) is -4.38. The van der Waals surface area contributed by atoms with Crippen molar-refractivity contribution >= 4 is 11.8 Å². The van der Waals surface area contributed by atoms with Crippen molar-refractivity contribution in [3.63, 3.8) is 0 Å². The second-order valence-electron chi connectivity index (χ2n) is 2.30. The first kappa shape index (κ1) is 10.4. The minimum Gasteiger partial charge on any atom is -0.207 e. The van der Waals surface area contributed by atoms with E-state index in [1.807, 2.05) is 0 Å². The van der Waals surface area contributed by atoms with E-state index in [1.165, 1.54) is 0 Å². The maximum atomic E-state index is 12.6. The van der Waals surface area contributed by atoms with Crippen LogP contribution in [0.5, 0.6) is 0 Å². The molecule has 0 amide bonds. The third-order valence-corrected chi connectivity index (χ3v) is 1.97. The van der Waals surface area contributed by atoms with E-state index in [9.17, 15) is 17.6 Å². The molecule has 71 valence electrons. The molecule has 0 aliphatic heterocycles. The lowest BCUT2D eigenvalue weighted by Crippen LogP contribution is -1.99. The number of alkyl halides is 3. The number of thioether (sulfide) groups is 1. The van der Waals surface area contributed by atoms with Crippen LogP contribution in [0.2, 0.25) is 0 Å². The molecule has 0 fully saturated rings. The Morgan fingerprint density at radius 2 is 1.85 bits per heavy atom. The first-order valence-electron chi connectivity index (χ1n) is 3.26. The highest BCUT2D eigenvalue weighted by Crippen LogP contribution is 2.37. The fourth-order valence-electron chi connectivity index (χ4n) is 0.748. The highest BCUT2D eigenvalue weighted by atomic mass is 32.2. The number of halogens is 4. The van der Waals surface area contributed by atoms with Gasteiger partial charge in [-0.05, 0) is 42.4 Å². The number of hydrogen-bond donors (Lipinski definition) is 0. The van der Waals surface area contributed by atoms with Crippen LogP contribution in [0.4, 0.5) is 17.6 Å². The number of hydrogen-bond acceptors (Lipinski definition) is 1. The summed E-state index contributed by atoms with van der Waals surface area (Å²) < 4.78 is 48.0. The number of rotatable bonds is 1. The average molecular weight is 209 g/mol. The van der Waals surface area contributed by atoms with Gasteiger partial charge >= 0.3 is 5.51 Å². The highest BCUT2D eigenvalue weighted by molar-refractivity contribution is 8.00. The molecule has 0 N–H and O–H groups in total. The lowest BCUT2D eigenvalue weighted by molar-refractivity contribution is -0.0328. The molecular formula is C8H5F4S. The number of benzene rings is 1. The Labute approximate surface area is 76.9 Å². The van der Waals surface area contributed by atoms with Crippen molar-refractivity contribution < 1.29 is 17.6 Å². The molecule has 0 aliphatic carbocycles. The normalized spacial score (nSPS) is 11.8. The lowest BCUT2D eigenvalue weighted by Gasteiger charge is -2.05. The van der Waals surface area contributed by atoms with Crippen LogP contribution in [0.25, 0.3) is 0 Å². The summed E-state index contributed by atoms with van der Waals surface area (Å²) in [6.07, 6.45) is 0. The Morgan fingerprint density at radius 1 is 1.23 bits per heavy atom. The Kier molecular flexibility index (Phi) is 2.85. The largest absolute Gasteiger partial charge is 0.446 e. The van der Waals surface area contributed by atoms with Crippen molar-refractivity contribution in [1.82, 2.24) is 0 Å². The summed E-state index contributed by atoms with van der Waals surface area (Å²) in [7, 11) is 0. The van der Waals surface area contributed by atoms with Crippen LogP contribution in [-0.4, -0.2) is 5.51 Å². The van der Waals surface area contributed by atoms with E-state index in [2.05, 4.69) is 6.92 Å². The van der Waals surface area contributed by atoms with Gasteiger partial charge < -0.3 is 0 Å². The van der Waals surface area contributed by atoms with Gasteiger partial charge in [-0.3, -0.25) is 0 Å². The summed E-state index contributed by atoms with van der Waals surface area (Å²) in [5, 5.41) is 0. The summed E-state index contributed by atoms with van der Waals surface area (Å²) in [5.74, 6) is -0.605. The SMILES string of the molecule is [CH2]c1cc(SC(F)(F)F)ccc1F. The molecule has 0 spiro atoms. The smallest absolute Gasteiger partial charge is 0.207 e. The maximum Gasteiger partial charge on any atom is 0.446 e. The van der Waals surface area contributed by atoms with Gasteiger partial charge in [-0.25, -0.2) is 4.39 Å². The van der Waals surface area contributed by atoms with E-state index in [0.717, 1.165) is 18.2 Å². The Balaban J connectivity index is 2.86. The third kappa shape index (κ3) is 3.26. The predicted octanol–water partition coefficient (Wildman–Crippen LogP) is 3.62. The predicted molar refractivity (Wildman–Crippen MR) is 42.8 cm³/mol. The standard InChI is InChI=1S/C8H5F4S/c1-5-4-6(2-3-7(5)9)13-8(10,11)12/h2-4H,1H2. The van der Waals surface area contributed by atoms with Crippen LogP contribution in [0, 0.1) is 12.7 Å². The van der Waals surface area contributed by atoms with Crippen LogP contribution in [0.1, 0.15) is 5.56 Å². The van der Waals surface area contributed by atoms with E-state index in [-0.39, 0.29) is 22.2 Å². The first-order chi connectivity index (χ1) is 5.88. The Bertz CT molecular complexity index is 306. The molecule has 1 aromatic carbocycles. The van der Waals surface area contributed by atoms with Gasteiger partial charge in [-0.2, -0.15) is 13.2 Å². The first-order valence-corrected chi connectivity index (χ1v) is 4.07. The molecule has 0 nitrogen and oxygen atoms in total. The summed E-state index contributed by atoms with van der Waals surface area (Å²) >= 11 is -0.283. The summed E-state index contributed by atoms with van der Waals surface area (Å²) in [6, 6.07) is 3.10. The van der Waals surface area contributed by atoms with Crippen LogP contribution in [-0.2, 0) is 0 Å². The topological polar surface area (TPSA) is 0 Å². The molecule has 1 aromatic rings. The van der Waals surface area contributed by atoms with Crippen LogP contribution in [0.15, 0.2) is 23.1 Å². The zero-order valence-corrected chi connectivity index (χ0v) is 7.18. The fraction of sp³-hybridized carbons (Fsp3) is 0.125. The van der Waals surface area contributed by atoms with Crippen molar-refractivity contribution in [2.45, 2.75) is 10.4 Å². The van der Waals surface area contributed by atoms with Gasteiger partial charge in [0.15, 0.2) is 0 Å². The molecule has 0 bridgehead atoms. The van der Waals surface area contributed by atoms with E-state index in [1.54, 1.807) is 0 Å². The van der Waals surface area contributed by atoms with Crippen molar-refractivity contribution in [1.29, 1.82) is 0 Å². The molecule has 0 saturated heterocycles. The quantitative estimate of drug-likeness (QED) is 0.502. The molecule has 1 rings (SSSR count). The lowest BCUT2D eigenvalue weighted by atomic mass is 10.2. The van der Waals surface area contributed by atoms with Gasteiger partial charge in [0.1, 0.15) is 5.82 Å². The van der Waals surface area contributed by atoms with Crippen molar-refractivity contribution in [3.8, 4) is 0 Å². The van der Waals surface area contributed by atoms with E-state index in [4.69, 9.17) is 0 Å². The van der Waals surface area contributed by atoms with Crippen molar-refractivity contribution in [2.75, 3.05) is 0 Å². The molecule has 0 aromatic heterocycles. The van der Waals surface area contributed by atoms with Gasteiger partial charge in [-0.1, -0.05) is 0 Å². The molecule has 13 heavy (non-hydrogen) atoms. The summed E-state index contributed by atoms with van der Waals surface area (Å²) in [4.78, 5) is -0.0566. The minimum atomic E-state index is -4.34. The van der Waals surface area contributed by atoms with Gasteiger partial charge in [0.05, 0.1) is 0 Å². The highest BCUT2D eigenvalue weighted by Gasteiger charge is 2.29. The Hall–Kier alpha value is -0.710. The van der Waals surface area contributed by atoms with Gasteiger partial charge in [-0.15, -0.1) is 0 Å². The maximum absolute atomic E-state index is 12.6. The molecule has 0 atom stereocenters. The van der Waals surface area contributed by atoms with Crippen LogP contribution >= 0.6 is 11.8 Å². The zero-order valence-electron chi connectivity index (χ0n) is 6.36. The van der Waals surface area contributed by atoms with E-state index >= 15 is 0 Å². The molecule has 1 radical (unpaired) electrons. The minimum absolute atomic E-state index is 0.0331. The third-order valence-electron chi connectivity index (χ3n) is 1.25. The molecule has 0 saturated carbocycles. The average Bonchev–Trinajstić information content (AvgIpc) is 1.94. The van der Waals surface area contributed by atoms with Gasteiger partial charge in [0.25, 0.3) is 0 Å². The van der Waals surface area contributed by atoms with Gasteiger partial charge in [0, 0.05) is 4.90 Å². The van der Waals surface area contributed by atoms with Crippen LogP contribution in [0.3, 0.4) is 0 Å².